The zero-order valence-corrected chi connectivity index (χ0v) is 12.0. The molecule has 0 bridgehead atoms. The maximum atomic E-state index is 11.4. The largest absolute Gasteiger partial charge is 0.469 e. The average Bonchev–Trinajstić information content (AvgIpc) is 2.81. The molecule has 1 heterocycles. The third-order valence-electron chi connectivity index (χ3n) is 3.69. The van der Waals surface area contributed by atoms with Gasteiger partial charge in [0.1, 0.15) is 24.4 Å². The second kappa shape index (κ2) is 7.00. The Morgan fingerprint density at radius 2 is 1.90 bits per heavy atom. The summed E-state index contributed by atoms with van der Waals surface area (Å²) in [7, 11) is 2.70. The van der Waals surface area contributed by atoms with E-state index in [1.807, 2.05) is 30.3 Å². The van der Waals surface area contributed by atoms with E-state index >= 15 is 0 Å². The predicted octanol–water partition coefficient (Wildman–Crippen LogP) is 0.426. The summed E-state index contributed by atoms with van der Waals surface area (Å²) in [5.74, 6) is -0.463. The Balaban J connectivity index is 2.13. The molecule has 0 saturated carbocycles. The van der Waals surface area contributed by atoms with Crippen molar-refractivity contribution in [3.05, 3.63) is 35.9 Å². The molecule has 0 amide bonds. The lowest BCUT2D eigenvalue weighted by molar-refractivity contribution is -0.148. The van der Waals surface area contributed by atoms with Crippen LogP contribution in [0.1, 0.15) is 18.1 Å². The topological polar surface area (TPSA) is 85.2 Å². The van der Waals surface area contributed by atoms with Crippen LogP contribution in [0.5, 0.6) is 0 Å². The minimum Gasteiger partial charge on any atom is -0.469 e. The maximum absolute atomic E-state index is 11.4. The fourth-order valence-electron chi connectivity index (χ4n) is 2.51. The summed E-state index contributed by atoms with van der Waals surface area (Å²) in [5.41, 5.74) is 0.763. The monoisotopic (exact) mass is 296 g/mol. The predicted molar refractivity (Wildman–Crippen MR) is 73.5 cm³/mol. The van der Waals surface area contributed by atoms with Crippen molar-refractivity contribution in [3.8, 4) is 0 Å². The van der Waals surface area contributed by atoms with E-state index in [9.17, 15) is 15.0 Å². The second-order valence-electron chi connectivity index (χ2n) is 4.97. The molecular formula is C15H20O6. The van der Waals surface area contributed by atoms with Gasteiger partial charge in [-0.1, -0.05) is 30.3 Å². The summed E-state index contributed by atoms with van der Waals surface area (Å²) in [6.07, 6.45) is -4.40. The Morgan fingerprint density at radius 1 is 1.24 bits per heavy atom. The molecule has 5 atom stereocenters. The number of hydrogen-bond acceptors (Lipinski definition) is 6. The van der Waals surface area contributed by atoms with E-state index in [1.54, 1.807) is 0 Å². The van der Waals surface area contributed by atoms with Gasteiger partial charge in [-0.15, -0.1) is 0 Å². The first-order chi connectivity index (χ1) is 10.1. The van der Waals surface area contributed by atoms with Crippen molar-refractivity contribution in [1.82, 2.24) is 0 Å². The van der Waals surface area contributed by atoms with Crippen molar-refractivity contribution in [2.45, 2.75) is 36.9 Å². The van der Waals surface area contributed by atoms with Crippen LogP contribution < -0.4 is 0 Å². The second-order valence-corrected chi connectivity index (χ2v) is 4.97. The molecule has 1 aliphatic heterocycles. The highest BCUT2D eigenvalue weighted by Crippen LogP contribution is 2.36. The fourth-order valence-corrected chi connectivity index (χ4v) is 2.51. The Morgan fingerprint density at radius 3 is 2.48 bits per heavy atom. The molecule has 1 fully saturated rings. The Hall–Kier alpha value is -1.47. The first-order valence-electron chi connectivity index (χ1n) is 6.74. The van der Waals surface area contributed by atoms with Gasteiger partial charge in [0.15, 0.2) is 0 Å². The minimum absolute atomic E-state index is 0.0526. The van der Waals surface area contributed by atoms with E-state index in [4.69, 9.17) is 9.47 Å². The molecule has 0 aromatic heterocycles. The molecule has 2 N–H and O–H groups in total. The fraction of sp³-hybridized carbons (Fsp3) is 0.533. The molecule has 0 aliphatic carbocycles. The Kier molecular flexibility index (Phi) is 5.30. The van der Waals surface area contributed by atoms with Crippen LogP contribution in [-0.2, 0) is 19.0 Å². The van der Waals surface area contributed by atoms with Crippen LogP contribution in [0.4, 0.5) is 0 Å². The summed E-state index contributed by atoms with van der Waals surface area (Å²) in [6, 6.07) is 9.13. The summed E-state index contributed by atoms with van der Waals surface area (Å²) < 4.78 is 15.5. The van der Waals surface area contributed by atoms with Gasteiger partial charge >= 0.3 is 5.97 Å². The average molecular weight is 296 g/mol. The first kappa shape index (κ1) is 15.9. The third kappa shape index (κ3) is 3.41. The van der Waals surface area contributed by atoms with Gasteiger partial charge in [0.05, 0.1) is 19.6 Å². The lowest BCUT2D eigenvalue weighted by Crippen LogP contribution is -2.40. The van der Waals surface area contributed by atoms with Crippen LogP contribution in [-0.4, -0.2) is 54.8 Å². The molecule has 2 rings (SSSR count). The number of methoxy groups -OCH3 is 2. The van der Waals surface area contributed by atoms with Crippen molar-refractivity contribution < 1.29 is 29.2 Å². The Labute approximate surface area is 123 Å². The van der Waals surface area contributed by atoms with E-state index in [1.165, 1.54) is 14.2 Å². The van der Waals surface area contributed by atoms with Crippen molar-refractivity contribution in [2.24, 2.45) is 0 Å². The summed E-state index contributed by atoms with van der Waals surface area (Å²) in [4.78, 5) is 11.4. The van der Waals surface area contributed by atoms with Crippen LogP contribution in [0.2, 0.25) is 0 Å². The highest BCUT2D eigenvalue weighted by Gasteiger charge is 2.47. The molecular weight excluding hydrogens is 276 g/mol. The number of carbonyl (C=O) groups is 1. The van der Waals surface area contributed by atoms with E-state index in [2.05, 4.69) is 4.74 Å². The summed E-state index contributed by atoms with van der Waals surface area (Å²) in [5, 5.41) is 20.3. The van der Waals surface area contributed by atoms with Gasteiger partial charge in [0.25, 0.3) is 0 Å². The maximum Gasteiger partial charge on any atom is 0.308 e. The molecule has 1 aromatic carbocycles. The van der Waals surface area contributed by atoms with Gasteiger partial charge in [-0.3, -0.25) is 4.79 Å². The van der Waals surface area contributed by atoms with E-state index in [0.717, 1.165) is 5.56 Å². The van der Waals surface area contributed by atoms with Crippen molar-refractivity contribution in [3.63, 3.8) is 0 Å². The smallest absolute Gasteiger partial charge is 0.308 e. The van der Waals surface area contributed by atoms with E-state index < -0.39 is 36.5 Å². The summed E-state index contributed by atoms with van der Waals surface area (Å²) >= 11 is 0. The number of carbonyl (C=O) groups excluding carboxylic acids is 1. The zero-order chi connectivity index (χ0) is 15.4. The molecule has 0 unspecified atom stereocenters. The Bertz CT molecular complexity index is 462. The lowest BCUT2D eigenvalue weighted by atomic mass is 9.99. The third-order valence-corrected chi connectivity index (χ3v) is 3.69. The summed E-state index contributed by atoms with van der Waals surface area (Å²) in [6.45, 7) is 0. The van der Waals surface area contributed by atoms with E-state index in [-0.39, 0.29) is 6.42 Å². The van der Waals surface area contributed by atoms with Crippen molar-refractivity contribution in [1.29, 1.82) is 0 Å². The van der Waals surface area contributed by atoms with Gasteiger partial charge in [0.2, 0.25) is 0 Å². The molecule has 0 radical (unpaired) electrons. The molecule has 6 heteroatoms. The first-order valence-corrected chi connectivity index (χ1v) is 6.74. The molecule has 0 spiro atoms. The van der Waals surface area contributed by atoms with Crippen LogP contribution in [0.3, 0.4) is 0 Å². The number of esters is 1. The van der Waals surface area contributed by atoms with Gasteiger partial charge in [-0.2, -0.15) is 0 Å². The lowest BCUT2D eigenvalue weighted by Gasteiger charge is -2.23. The zero-order valence-electron chi connectivity index (χ0n) is 12.0. The highest BCUT2D eigenvalue weighted by molar-refractivity contribution is 5.69. The number of rotatable bonds is 5. The molecule has 1 aliphatic rings. The minimum atomic E-state index is -1.13. The van der Waals surface area contributed by atoms with Gasteiger partial charge in [0, 0.05) is 7.11 Å². The van der Waals surface area contributed by atoms with Crippen molar-refractivity contribution in [2.75, 3.05) is 14.2 Å². The molecule has 1 aromatic rings. The normalized spacial score (nSPS) is 30.1. The molecule has 116 valence electrons. The SMILES string of the molecule is COC(=O)C[C@@H](OC)[C@@H]1O[C@H](c2ccccc2)[C@@H](O)[C@@H]1O. The number of benzene rings is 1. The molecule has 21 heavy (non-hydrogen) atoms. The van der Waals surface area contributed by atoms with Gasteiger partial charge in [-0.25, -0.2) is 0 Å². The number of hydrogen-bond donors (Lipinski definition) is 2. The van der Waals surface area contributed by atoms with Crippen LogP contribution in [0, 0.1) is 0 Å². The standard InChI is InChI=1S/C15H20O6/c1-19-10(8-11(16)20-2)15-13(18)12(17)14(21-15)9-6-4-3-5-7-9/h3-7,10,12-15,17-18H,8H2,1-2H3/t10-,12+,13+,14-,15+/m1/s1. The van der Waals surface area contributed by atoms with Crippen LogP contribution in [0.25, 0.3) is 0 Å². The highest BCUT2D eigenvalue weighted by atomic mass is 16.6. The van der Waals surface area contributed by atoms with Crippen molar-refractivity contribution >= 4 is 5.97 Å². The molecule has 6 nitrogen and oxygen atoms in total. The van der Waals surface area contributed by atoms with E-state index in [0.29, 0.717) is 0 Å². The van der Waals surface area contributed by atoms with Crippen LogP contribution >= 0.6 is 0 Å². The number of aliphatic hydroxyl groups is 2. The number of ether oxygens (including phenoxy) is 3. The van der Waals surface area contributed by atoms with Gasteiger partial charge < -0.3 is 24.4 Å². The van der Waals surface area contributed by atoms with Crippen LogP contribution in [0.15, 0.2) is 30.3 Å². The van der Waals surface area contributed by atoms with Gasteiger partial charge in [-0.05, 0) is 5.56 Å². The number of aliphatic hydroxyl groups excluding tert-OH is 2. The quantitative estimate of drug-likeness (QED) is 0.766. The molecule has 1 saturated heterocycles.